The molecule has 0 aliphatic carbocycles. The number of ether oxygens (including phenoxy) is 2. The second kappa shape index (κ2) is 6.70. The molecule has 2 rings (SSSR count). The number of benzene rings is 1. The summed E-state index contributed by atoms with van der Waals surface area (Å²) >= 11 is 0. The smallest absolute Gasteiger partial charge is 0.330 e. The van der Waals surface area contributed by atoms with E-state index in [1.54, 1.807) is 19.5 Å². The fraction of sp³-hybridized carbons (Fsp3) is 0.176. The van der Waals surface area contributed by atoms with Crippen molar-refractivity contribution in [3.8, 4) is 16.9 Å². The number of methoxy groups -OCH3 is 2. The largest absolute Gasteiger partial charge is 0.496 e. The third kappa shape index (κ3) is 3.48. The lowest BCUT2D eigenvalue weighted by Crippen LogP contribution is -1.96. The van der Waals surface area contributed by atoms with Crippen molar-refractivity contribution in [3.05, 3.63) is 54.4 Å². The molecular formula is C17H17NO3. The van der Waals surface area contributed by atoms with Gasteiger partial charge in [0.1, 0.15) is 5.75 Å². The first kappa shape index (κ1) is 14.8. The van der Waals surface area contributed by atoms with Crippen LogP contribution in [0, 0.1) is 0 Å². The molecule has 108 valence electrons. The lowest BCUT2D eigenvalue weighted by atomic mass is 10.0. The number of hydrogen-bond donors (Lipinski definition) is 0. The molecule has 1 aromatic carbocycles. The van der Waals surface area contributed by atoms with Gasteiger partial charge < -0.3 is 9.47 Å². The lowest BCUT2D eigenvalue weighted by molar-refractivity contribution is -0.134. The van der Waals surface area contributed by atoms with Crippen LogP contribution in [0.2, 0.25) is 0 Å². The summed E-state index contributed by atoms with van der Waals surface area (Å²) in [6.45, 7) is 1.85. The number of nitrogens with zero attached hydrogens (tertiary/aromatic N) is 1. The molecule has 0 radical (unpaired) electrons. The van der Waals surface area contributed by atoms with Crippen LogP contribution in [0.5, 0.6) is 5.75 Å². The Bertz CT molecular complexity index is 677. The van der Waals surface area contributed by atoms with E-state index in [4.69, 9.17) is 4.74 Å². The molecule has 21 heavy (non-hydrogen) atoms. The van der Waals surface area contributed by atoms with Crippen molar-refractivity contribution in [2.75, 3.05) is 14.2 Å². The van der Waals surface area contributed by atoms with E-state index in [1.807, 2.05) is 37.3 Å². The van der Waals surface area contributed by atoms with Crippen LogP contribution in [-0.4, -0.2) is 25.2 Å². The Balaban J connectivity index is 2.42. The minimum Gasteiger partial charge on any atom is -0.496 e. The first-order chi connectivity index (χ1) is 10.2. The summed E-state index contributed by atoms with van der Waals surface area (Å²) in [7, 11) is 2.99. The van der Waals surface area contributed by atoms with E-state index in [1.165, 1.54) is 13.2 Å². The predicted octanol–water partition coefficient (Wildman–Crippen LogP) is 3.33. The van der Waals surface area contributed by atoms with Gasteiger partial charge in [-0.3, -0.25) is 4.98 Å². The highest BCUT2D eigenvalue weighted by atomic mass is 16.5. The van der Waals surface area contributed by atoms with Crippen LogP contribution in [0.1, 0.15) is 12.5 Å². The Morgan fingerprint density at radius 1 is 1.19 bits per heavy atom. The van der Waals surface area contributed by atoms with Crippen LogP contribution in [0.4, 0.5) is 0 Å². The molecule has 4 heteroatoms. The third-order valence-electron chi connectivity index (χ3n) is 3.15. The lowest BCUT2D eigenvalue weighted by Gasteiger charge is -2.09. The van der Waals surface area contributed by atoms with Crippen molar-refractivity contribution in [2.24, 2.45) is 0 Å². The number of hydrogen-bond acceptors (Lipinski definition) is 4. The van der Waals surface area contributed by atoms with E-state index in [2.05, 4.69) is 9.72 Å². The maximum Gasteiger partial charge on any atom is 0.330 e. The minimum atomic E-state index is -0.379. The SMILES string of the molecule is COC(=O)/C=C(\C)c1cncc(-c2ccccc2OC)c1. The number of esters is 1. The minimum absolute atomic E-state index is 0.379. The number of rotatable bonds is 4. The number of allylic oxidation sites excluding steroid dienone is 1. The normalized spacial score (nSPS) is 11.1. The summed E-state index contributed by atoms with van der Waals surface area (Å²) in [5, 5.41) is 0. The van der Waals surface area contributed by atoms with E-state index in [0.29, 0.717) is 0 Å². The van der Waals surface area contributed by atoms with Gasteiger partial charge >= 0.3 is 5.97 Å². The molecule has 0 fully saturated rings. The van der Waals surface area contributed by atoms with Gasteiger partial charge in [-0.2, -0.15) is 0 Å². The Hall–Kier alpha value is -2.62. The fourth-order valence-electron chi connectivity index (χ4n) is 2.01. The molecule has 0 aliphatic rings. The summed E-state index contributed by atoms with van der Waals surface area (Å²) in [5.74, 6) is 0.404. The average Bonchev–Trinajstić information content (AvgIpc) is 2.54. The second-order valence-corrected chi connectivity index (χ2v) is 4.51. The van der Waals surface area contributed by atoms with Gasteiger partial charge in [0.2, 0.25) is 0 Å². The van der Waals surface area contributed by atoms with E-state index >= 15 is 0 Å². The fourth-order valence-corrected chi connectivity index (χ4v) is 2.01. The molecule has 0 unspecified atom stereocenters. The van der Waals surface area contributed by atoms with Gasteiger partial charge in [-0.05, 0) is 30.2 Å². The van der Waals surface area contributed by atoms with Crippen molar-refractivity contribution >= 4 is 11.5 Å². The van der Waals surface area contributed by atoms with E-state index < -0.39 is 0 Å². The third-order valence-corrected chi connectivity index (χ3v) is 3.15. The first-order valence-electron chi connectivity index (χ1n) is 6.50. The highest BCUT2D eigenvalue weighted by Gasteiger charge is 2.07. The van der Waals surface area contributed by atoms with Gasteiger partial charge in [-0.25, -0.2) is 4.79 Å². The molecule has 2 aromatic rings. The molecule has 0 atom stereocenters. The quantitative estimate of drug-likeness (QED) is 0.638. The van der Waals surface area contributed by atoms with Crippen LogP contribution in [0.15, 0.2) is 48.8 Å². The van der Waals surface area contributed by atoms with E-state index in [9.17, 15) is 4.79 Å². The molecule has 1 aromatic heterocycles. The molecule has 0 bridgehead atoms. The van der Waals surface area contributed by atoms with Gasteiger partial charge in [0, 0.05) is 29.6 Å². The highest BCUT2D eigenvalue weighted by molar-refractivity contribution is 5.91. The zero-order chi connectivity index (χ0) is 15.2. The van der Waals surface area contributed by atoms with Gasteiger partial charge in [0.15, 0.2) is 0 Å². The molecule has 0 amide bonds. The Morgan fingerprint density at radius 2 is 1.95 bits per heavy atom. The van der Waals surface area contributed by atoms with Crippen LogP contribution < -0.4 is 4.74 Å². The number of aromatic nitrogens is 1. The molecule has 0 N–H and O–H groups in total. The summed E-state index contributed by atoms with van der Waals surface area (Å²) < 4.78 is 10.0. The summed E-state index contributed by atoms with van der Waals surface area (Å²) in [5.41, 5.74) is 3.55. The van der Waals surface area contributed by atoms with Crippen molar-refractivity contribution < 1.29 is 14.3 Å². The molecule has 0 saturated heterocycles. The van der Waals surface area contributed by atoms with Gasteiger partial charge in [0.05, 0.1) is 14.2 Å². The van der Waals surface area contributed by atoms with Gasteiger partial charge in [-0.15, -0.1) is 0 Å². The Morgan fingerprint density at radius 3 is 2.67 bits per heavy atom. The van der Waals surface area contributed by atoms with Crippen LogP contribution in [-0.2, 0) is 9.53 Å². The van der Waals surface area contributed by atoms with E-state index in [0.717, 1.165) is 28.0 Å². The summed E-state index contributed by atoms with van der Waals surface area (Å²) in [4.78, 5) is 15.6. The molecular weight excluding hydrogens is 266 g/mol. The topological polar surface area (TPSA) is 48.4 Å². The van der Waals surface area contributed by atoms with E-state index in [-0.39, 0.29) is 5.97 Å². The van der Waals surface area contributed by atoms with Crippen molar-refractivity contribution in [1.82, 2.24) is 4.98 Å². The first-order valence-corrected chi connectivity index (χ1v) is 6.50. The molecule has 4 nitrogen and oxygen atoms in total. The monoisotopic (exact) mass is 283 g/mol. The van der Waals surface area contributed by atoms with Crippen LogP contribution >= 0.6 is 0 Å². The van der Waals surface area contributed by atoms with Gasteiger partial charge in [-0.1, -0.05) is 18.2 Å². The number of carbonyl (C=O) groups excluding carboxylic acids is 1. The second-order valence-electron chi connectivity index (χ2n) is 4.51. The van der Waals surface area contributed by atoms with Crippen LogP contribution in [0.25, 0.3) is 16.7 Å². The maximum atomic E-state index is 11.3. The predicted molar refractivity (Wildman–Crippen MR) is 81.9 cm³/mol. The summed E-state index contributed by atoms with van der Waals surface area (Å²) in [6, 6.07) is 9.71. The zero-order valence-electron chi connectivity index (χ0n) is 12.3. The highest BCUT2D eigenvalue weighted by Crippen LogP contribution is 2.30. The van der Waals surface area contributed by atoms with Crippen molar-refractivity contribution in [1.29, 1.82) is 0 Å². The average molecular weight is 283 g/mol. The standard InChI is InChI=1S/C17H17NO3/c1-12(8-17(19)21-3)13-9-14(11-18-10-13)15-6-4-5-7-16(15)20-2/h4-11H,1-3H3/b12-8+. The molecule has 0 saturated carbocycles. The van der Waals surface area contributed by atoms with Crippen LogP contribution in [0.3, 0.4) is 0 Å². The molecule has 1 heterocycles. The van der Waals surface area contributed by atoms with Gasteiger partial charge in [0.25, 0.3) is 0 Å². The van der Waals surface area contributed by atoms with Crippen molar-refractivity contribution in [3.63, 3.8) is 0 Å². The molecule has 0 spiro atoms. The number of pyridine rings is 1. The summed E-state index contributed by atoms with van der Waals surface area (Å²) in [6.07, 6.45) is 4.93. The Kier molecular flexibility index (Phi) is 4.72. The zero-order valence-corrected chi connectivity index (χ0v) is 12.3. The number of carbonyl (C=O) groups is 1. The number of para-hydroxylation sites is 1. The Labute approximate surface area is 124 Å². The molecule has 0 aliphatic heterocycles. The van der Waals surface area contributed by atoms with Crippen molar-refractivity contribution in [2.45, 2.75) is 6.92 Å². The maximum absolute atomic E-state index is 11.3.